The van der Waals surface area contributed by atoms with E-state index in [-0.39, 0.29) is 22.5 Å². The number of benzene rings is 1. The van der Waals surface area contributed by atoms with Crippen molar-refractivity contribution in [1.29, 1.82) is 0 Å². The molecular formula is C20H26BrN3O2. The molecule has 2 N–H and O–H groups in total. The molecule has 0 saturated heterocycles. The number of phenolic OH excluding ortho intramolecular Hbond substituents is 1. The summed E-state index contributed by atoms with van der Waals surface area (Å²) in [5.74, 6) is 0.675. The third-order valence-electron chi connectivity index (χ3n) is 8.11. The molecule has 1 spiro atoms. The Bertz CT molecular complexity index is 835. The van der Waals surface area contributed by atoms with Crippen LogP contribution >= 0.6 is 15.9 Å². The van der Waals surface area contributed by atoms with E-state index in [2.05, 4.69) is 45.9 Å². The number of halogens is 1. The van der Waals surface area contributed by atoms with Crippen LogP contribution < -0.4 is 0 Å². The summed E-state index contributed by atoms with van der Waals surface area (Å²) in [5.41, 5.74) is 11.4. The fourth-order valence-electron chi connectivity index (χ4n) is 6.66. The summed E-state index contributed by atoms with van der Waals surface area (Å²) in [6, 6.07) is 2.06. The Kier molecular flexibility index (Phi) is 3.93. The maximum absolute atomic E-state index is 11.5. The third kappa shape index (κ3) is 2.04. The second-order valence-corrected chi connectivity index (χ2v) is 9.78. The number of rotatable bonds is 3. The molecule has 2 saturated carbocycles. The van der Waals surface area contributed by atoms with Crippen molar-refractivity contribution in [3.63, 3.8) is 0 Å². The van der Waals surface area contributed by atoms with Crippen molar-refractivity contribution < 1.29 is 10.2 Å². The van der Waals surface area contributed by atoms with Crippen molar-refractivity contribution in [2.45, 2.75) is 70.3 Å². The molecule has 0 radical (unpaired) electrons. The number of fused-ring (bicyclic) bond motifs is 3. The molecule has 0 aromatic heterocycles. The number of hydrogen-bond acceptors (Lipinski definition) is 3. The summed E-state index contributed by atoms with van der Waals surface area (Å²) < 4.78 is 0.727. The summed E-state index contributed by atoms with van der Waals surface area (Å²) in [7, 11) is 0. The molecule has 1 aromatic rings. The zero-order valence-electron chi connectivity index (χ0n) is 15.6. The van der Waals surface area contributed by atoms with E-state index >= 15 is 0 Å². The minimum absolute atomic E-state index is 0.0533. The summed E-state index contributed by atoms with van der Waals surface area (Å²) in [6.45, 7) is 6.73. The lowest BCUT2D eigenvalue weighted by atomic mass is 9.63. The fourth-order valence-corrected chi connectivity index (χ4v) is 7.21. The molecule has 6 heteroatoms. The second-order valence-electron chi connectivity index (χ2n) is 8.92. The van der Waals surface area contributed by atoms with Gasteiger partial charge in [0, 0.05) is 11.5 Å². The highest BCUT2D eigenvalue weighted by Crippen LogP contribution is 2.75. The topological polar surface area (TPSA) is 89.2 Å². The Balaban J connectivity index is 1.95. The van der Waals surface area contributed by atoms with Crippen LogP contribution in [0.1, 0.15) is 74.5 Å². The highest BCUT2D eigenvalue weighted by atomic mass is 79.9. The Morgan fingerprint density at radius 3 is 2.81 bits per heavy atom. The van der Waals surface area contributed by atoms with Gasteiger partial charge in [-0.15, -0.1) is 0 Å². The van der Waals surface area contributed by atoms with Gasteiger partial charge < -0.3 is 10.2 Å². The first-order chi connectivity index (χ1) is 12.2. The van der Waals surface area contributed by atoms with Gasteiger partial charge in [-0.25, -0.2) is 0 Å². The maximum atomic E-state index is 11.5. The van der Waals surface area contributed by atoms with Crippen LogP contribution in [0.5, 0.6) is 5.75 Å². The fraction of sp³-hybridized carbons (Fsp3) is 0.700. The van der Waals surface area contributed by atoms with E-state index in [0.29, 0.717) is 12.5 Å². The van der Waals surface area contributed by atoms with E-state index in [1.165, 1.54) is 5.56 Å². The molecule has 2 bridgehead atoms. The quantitative estimate of drug-likeness (QED) is 0.375. The van der Waals surface area contributed by atoms with Gasteiger partial charge in [-0.2, -0.15) is 0 Å². The van der Waals surface area contributed by atoms with E-state index in [1.54, 1.807) is 0 Å². The van der Waals surface area contributed by atoms with Crippen molar-refractivity contribution in [2.24, 2.45) is 15.9 Å². The van der Waals surface area contributed by atoms with Gasteiger partial charge in [0.25, 0.3) is 0 Å². The molecule has 5 atom stereocenters. The van der Waals surface area contributed by atoms with Crippen LogP contribution in [0, 0.1) is 17.8 Å². The zero-order chi connectivity index (χ0) is 18.9. The summed E-state index contributed by atoms with van der Waals surface area (Å²) in [6.07, 6.45) is 4.40. The number of azide groups is 1. The minimum Gasteiger partial charge on any atom is -0.506 e. The molecule has 5 nitrogen and oxygen atoms in total. The Morgan fingerprint density at radius 2 is 2.15 bits per heavy atom. The molecule has 1 unspecified atom stereocenters. The van der Waals surface area contributed by atoms with Gasteiger partial charge in [0.1, 0.15) is 5.75 Å². The van der Waals surface area contributed by atoms with Crippen molar-refractivity contribution in [1.82, 2.24) is 0 Å². The van der Waals surface area contributed by atoms with Gasteiger partial charge in [0.05, 0.1) is 10.1 Å². The molecule has 26 heavy (non-hydrogen) atoms. The molecular weight excluding hydrogens is 394 g/mol. The monoisotopic (exact) mass is 419 g/mol. The molecule has 2 fully saturated rings. The molecule has 0 aliphatic heterocycles. The normalized spacial score (nSPS) is 40.0. The first-order valence-corrected chi connectivity index (χ1v) is 10.3. The average Bonchev–Trinajstić information content (AvgIpc) is 2.95. The molecule has 4 rings (SSSR count). The van der Waals surface area contributed by atoms with Crippen molar-refractivity contribution in [3.8, 4) is 5.75 Å². The number of phenols is 1. The molecule has 0 heterocycles. The number of aromatic hydroxyl groups is 1. The van der Waals surface area contributed by atoms with Gasteiger partial charge in [-0.05, 0) is 106 Å². The van der Waals surface area contributed by atoms with E-state index in [4.69, 9.17) is 5.53 Å². The molecule has 140 valence electrons. The average molecular weight is 420 g/mol. The predicted octanol–water partition coefficient (Wildman–Crippen LogP) is 5.68. The van der Waals surface area contributed by atoms with E-state index < -0.39 is 5.60 Å². The smallest absolute Gasteiger partial charge is 0.132 e. The van der Waals surface area contributed by atoms with Gasteiger partial charge in [0.15, 0.2) is 0 Å². The van der Waals surface area contributed by atoms with Crippen molar-refractivity contribution in [3.05, 3.63) is 37.7 Å². The van der Waals surface area contributed by atoms with Crippen molar-refractivity contribution >= 4 is 15.9 Å². The first kappa shape index (κ1) is 18.1. The molecule has 3 aliphatic rings. The van der Waals surface area contributed by atoms with Crippen LogP contribution in [0.2, 0.25) is 0 Å². The van der Waals surface area contributed by atoms with Crippen LogP contribution in [-0.2, 0) is 0 Å². The second kappa shape index (κ2) is 5.63. The lowest BCUT2D eigenvalue weighted by Gasteiger charge is -2.44. The zero-order valence-corrected chi connectivity index (χ0v) is 17.2. The number of aliphatic hydroxyl groups is 1. The molecule has 1 aromatic carbocycles. The lowest BCUT2D eigenvalue weighted by Crippen LogP contribution is -2.43. The van der Waals surface area contributed by atoms with Gasteiger partial charge in [-0.1, -0.05) is 19.0 Å². The number of hydrogen-bond donors (Lipinski definition) is 2. The predicted molar refractivity (Wildman–Crippen MR) is 104 cm³/mol. The van der Waals surface area contributed by atoms with Crippen LogP contribution in [0.15, 0.2) is 15.7 Å². The Hall–Kier alpha value is -1.23. The Morgan fingerprint density at radius 1 is 1.42 bits per heavy atom. The van der Waals surface area contributed by atoms with Crippen LogP contribution in [0.4, 0.5) is 0 Å². The van der Waals surface area contributed by atoms with Crippen LogP contribution in [0.3, 0.4) is 0 Å². The highest BCUT2D eigenvalue weighted by Gasteiger charge is 2.69. The summed E-state index contributed by atoms with van der Waals surface area (Å²) in [4.78, 5) is 3.02. The minimum atomic E-state index is -0.651. The third-order valence-corrected chi connectivity index (χ3v) is 8.71. The van der Waals surface area contributed by atoms with Gasteiger partial charge in [0.2, 0.25) is 0 Å². The highest BCUT2D eigenvalue weighted by molar-refractivity contribution is 9.10. The standard InChI is InChI=1S/C20H26BrN3O2/c1-4-18(3)9-19-10-20(18,26)6-5-13(19)12-7-15(21)17(25)11(2)16(12)14(19)8-23-24-22/h7,13-14,25-26H,4-6,8-10H2,1-3H3/t13-,14-,18?,19-,20-/m0/s1. The number of nitrogens with zero attached hydrogens (tertiary/aromatic N) is 3. The lowest BCUT2D eigenvalue weighted by molar-refractivity contribution is -0.0742. The largest absolute Gasteiger partial charge is 0.506 e. The van der Waals surface area contributed by atoms with Crippen molar-refractivity contribution in [2.75, 3.05) is 6.54 Å². The first-order valence-electron chi connectivity index (χ1n) is 9.48. The van der Waals surface area contributed by atoms with Crippen LogP contribution in [0.25, 0.3) is 10.4 Å². The molecule has 0 amide bonds. The van der Waals surface area contributed by atoms with Crippen LogP contribution in [-0.4, -0.2) is 22.4 Å². The SMILES string of the molecule is CCC1(C)C[C@]23C[C@@]1(O)CC[C@H]2c1cc(Br)c(O)c(C)c1[C@@H]3CN=[N+]=[N-]. The van der Waals surface area contributed by atoms with E-state index in [0.717, 1.165) is 47.7 Å². The molecule has 3 aliphatic carbocycles. The van der Waals surface area contributed by atoms with Gasteiger partial charge >= 0.3 is 0 Å². The maximum Gasteiger partial charge on any atom is 0.132 e. The van der Waals surface area contributed by atoms with E-state index in [1.807, 2.05) is 6.92 Å². The summed E-state index contributed by atoms with van der Waals surface area (Å²) in [5, 5.41) is 26.0. The Labute approximate surface area is 162 Å². The summed E-state index contributed by atoms with van der Waals surface area (Å²) >= 11 is 3.50. The van der Waals surface area contributed by atoms with E-state index in [9.17, 15) is 10.2 Å². The van der Waals surface area contributed by atoms with Gasteiger partial charge in [-0.3, -0.25) is 0 Å².